The Labute approximate surface area is 129 Å². The molecule has 1 saturated carbocycles. The highest BCUT2D eigenvalue weighted by Crippen LogP contribution is 2.31. The molecule has 3 rings (SSSR count). The van der Waals surface area contributed by atoms with E-state index < -0.39 is 0 Å². The van der Waals surface area contributed by atoms with E-state index in [9.17, 15) is 4.79 Å². The zero-order valence-corrected chi connectivity index (χ0v) is 13.7. The fraction of sp³-hybridized carbons (Fsp3) is 0.941. The van der Waals surface area contributed by atoms with Gasteiger partial charge in [0.25, 0.3) is 0 Å². The van der Waals surface area contributed by atoms with Crippen LogP contribution in [0.4, 0.5) is 4.79 Å². The predicted molar refractivity (Wildman–Crippen MR) is 85.2 cm³/mol. The fourth-order valence-electron chi connectivity index (χ4n) is 4.05. The highest BCUT2D eigenvalue weighted by Gasteiger charge is 2.34. The smallest absolute Gasteiger partial charge is 0.317 e. The third-order valence-corrected chi connectivity index (χ3v) is 5.44. The summed E-state index contributed by atoms with van der Waals surface area (Å²) in [5, 5.41) is 3.20. The molecule has 3 unspecified atom stereocenters. The molecular formula is C17H31N3O. The van der Waals surface area contributed by atoms with Crippen LogP contribution in [0.5, 0.6) is 0 Å². The van der Waals surface area contributed by atoms with E-state index in [0.29, 0.717) is 11.8 Å². The molecule has 120 valence electrons. The summed E-state index contributed by atoms with van der Waals surface area (Å²) < 4.78 is 0. The number of carbonyl (C=O) groups excluding carboxylic acids is 1. The van der Waals surface area contributed by atoms with Crippen molar-refractivity contribution >= 4 is 6.03 Å². The summed E-state index contributed by atoms with van der Waals surface area (Å²) in [6, 6.07) is 1.04. The molecule has 2 amide bonds. The van der Waals surface area contributed by atoms with Crippen LogP contribution >= 0.6 is 0 Å². The minimum atomic E-state index is 0.167. The summed E-state index contributed by atoms with van der Waals surface area (Å²) in [6.07, 6.45) is 6.44. The number of hydrogen-bond acceptors (Lipinski definition) is 2. The maximum absolute atomic E-state index is 12.4. The van der Waals surface area contributed by atoms with Gasteiger partial charge in [0.2, 0.25) is 0 Å². The first kappa shape index (κ1) is 15.1. The van der Waals surface area contributed by atoms with Gasteiger partial charge >= 0.3 is 6.03 Å². The monoisotopic (exact) mass is 293 g/mol. The first-order valence-electron chi connectivity index (χ1n) is 8.88. The predicted octanol–water partition coefficient (Wildman–Crippen LogP) is 2.55. The molecule has 2 aliphatic heterocycles. The van der Waals surface area contributed by atoms with E-state index in [0.717, 1.165) is 38.0 Å². The van der Waals surface area contributed by atoms with Gasteiger partial charge in [0.1, 0.15) is 0 Å². The molecular weight excluding hydrogens is 262 g/mol. The maximum atomic E-state index is 12.4. The van der Waals surface area contributed by atoms with Gasteiger partial charge in [-0.05, 0) is 56.4 Å². The molecule has 0 aromatic rings. The number of nitrogens with one attached hydrogen (secondary N) is 1. The molecule has 0 spiro atoms. The molecule has 2 heterocycles. The largest absolute Gasteiger partial charge is 0.338 e. The fourth-order valence-corrected chi connectivity index (χ4v) is 4.05. The van der Waals surface area contributed by atoms with Gasteiger partial charge < -0.3 is 15.1 Å². The van der Waals surface area contributed by atoms with Gasteiger partial charge in [-0.1, -0.05) is 13.8 Å². The first-order chi connectivity index (χ1) is 10.1. The molecule has 0 radical (unpaired) electrons. The molecule has 3 fully saturated rings. The molecule has 1 aliphatic carbocycles. The van der Waals surface area contributed by atoms with Crippen LogP contribution in [0, 0.1) is 17.8 Å². The second kappa shape index (κ2) is 6.55. The van der Waals surface area contributed by atoms with Crippen molar-refractivity contribution in [3.05, 3.63) is 0 Å². The molecule has 4 heteroatoms. The van der Waals surface area contributed by atoms with Crippen molar-refractivity contribution in [2.45, 2.75) is 52.0 Å². The number of carbonyl (C=O) groups is 1. The number of hydrogen-bond donors (Lipinski definition) is 1. The molecule has 0 aromatic carbocycles. The number of rotatable bonds is 3. The number of likely N-dealkylation sites (tertiary alicyclic amines) is 2. The second-order valence-electron chi connectivity index (χ2n) is 7.75. The lowest BCUT2D eigenvalue weighted by Gasteiger charge is -2.24. The van der Waals surface area contributed by atoms with Crippen LogP contribution in [-0.2, 0) is 0 Å². The molecule has 4 nitrogen and oxygen atoms in total. The van der Waals surface area contributed by atoms with Crippen molar-refractivity contribution < 1.29 is 4.79 Å². The Bertz CT molecular complexity index is 369. The van der Waals surface area contributed by atoms with E-state index in [-0.39, 0.29) is 6.03 Å². The Kier molecular flexibility index (Phi) is 4.72. The van der Waals surface area contributed by atoms with Gasteiger partial charge in [0.15, 0.2) is 0 Å². The Morgan fingerprint density at radius 3 is 2.62 bits per heavy atom. The summed E-state index contributed by atoms with van der Waals surface area (Å²) in [6.45, 7) is 9.73. The molecule has 2 saturated heterocycles. The van der Waals surface area contributed by atoms with E-state index >= 15 is 0 Å². The summed E-state index contributed by atoms with van der Waals surface area (Å²) in [7, 11) is 0. The second-order valence-corrected chi connectivity index (χ2v) is 7.75. The Balaban J connectivity index is 1.41. The summed E-state index contributed by atoms with van der Waals surface area (Å²) in [4.78, 5) is 17.0. The van der Waals surface area contributed by atoms with Crippen molar-refractivity contribution in [3.8, 4) is 0 Å². The normalized spacial score (nSPS) is 34.8. The van der Waals surface area contributed by atoms with Crippen molar-refractivity contribution in [3.63, 3.8) is 0 Å². The highest BCUT2D eigenvalue weighted by molar-refractivity contribution is 5.74. The molecule has 1 N–H and O–H groups in total. The van der Waals surface area contributed by atoms with Crippen LogP contribution in [0.1, 0.15) is 46.0 Å². The quantitative estimate of drug-likeness (QED) is 0.868. The molecule has 3 aliphatic rings. The van der Waals surface area contributed by atoms with Crippen molar-refractivity contribution in [1.29, 1.82) is 0 Å². The third kappa shape index (κ3) is 4.12. The van der Waals surface area contributed by atoms with E-state index in [1.54, 1.807) is 0 Å². The Morgan fingerprint density at radius 2 is 1.86 bits per heavy atom. The molecule has 3 atom stereocenters. The van der Waals surface area contributed by atoms with Crippen molar-refractivity contribution in [1.82, 2.24) is 15.1 Å². The lowest BCUT2D eigenvalue weighted by Crippen LogP contribution is -2.43. The van der Waals surface area contributed by atoms with Crippen LogP contribution in [-0.4, -0.2) is 54.6 Å². The van der Waals surface area contributed by atoms with Gasteiger partial charge in [-0.15, -0.1) is 0 Å². The third-order valence-electron chi connectivity index (χ3n) is 5.44. The standard InChI is InChI=1S/C17H31N3O/c1-13-5-7-20(11-14(2)9-13)17(21)18-10-15-6-8-19(12-15)16-3-4-16/h13-16H,3-12H2,1-2H3,(H,18,21). The Hall–Kier alpha value is -0.770. The van der Waals surface area contributed by atoms with Crippen LogP contribution < -0.4 is 5.32 Å². The average molecular weight is 293 g/mol. The summed E-state index contributed by atoms with van der Waals surface area (Å²) in [5.74, 6) is 2.04. The van der Waals surface area contributed by atoms with Crippen molar-refractivity contribution in [2.75, 3.05) is 32.7 Å². The van der Waals surface area contributed by atoms with Crippen molar-refractivity contribution in [2.24, 2.45) is 17.8 Å². The van der Waals surface area contributed by atoms with E-state index in [4.69, 9.17) is 0 Å². The highest BCUT2D eigenvalue weighted by atomic mass is 16.2. The van der Waals surface area contributed by atoms with Crippen LogP contribution in [0.25, 0.3) is 0 Å². The lowest BCUT2D eigenvalue weighted by atomic mass is 9.97. The van der Waals surface area contributed by atoms with E-state index in [2.05, 4.69) is 24.1 Å². The minimum Gasteiger partial charge on any atom is -0.338 e. The lowest BCUT2D eigenvalue weighted by molar-refractivity contribution is 0.191. The minimum absolute atomic E-state index is 0.167. The number of urea groups is 1. The summed E-state index contributed by atoms with van der Waals surface area (Å²) >= 11 is 0. The zero-order valence-electron chi connectivity index (χ0n) is 13.7. The molecule has 21 heavy (non-hydrogen) atoms. The van der Waals surface area contributed by atoms with Gasteiger partial charge in [-0.3, -0.25) is 0 Å². The SMILES string of the molecule is CC1CCN(C(=O)NCC2CCN(C3CC3)C2)CC(C)C1. The van der Waals surface area contributed by atoms with Gasteiger partial charge in [-0.2, -0.15) is 0 Å². The van der Waals surface area contributed by atoms with Crippen LogP contribution in [0.15, 0.2) is 0 Å². The maximum Gasteiger partial charge on any atom is 0.317 e. The topological polar surface area (TPSA) is 35.6 Å². The van der Waals surface area contributed by atoms with E-state index in [1.807, 2.05) is 4.90 Å². The average Bonchev–Trinajstić information content (AvgIpc) is 3.22. The number of nitrogens with zero attached hydrogens (tertiary/aromatic N) is 2. The zero-order chi connectivity index (χ0) is 14.8. The van der Waals surface area contributed by atoms with Crippen LogP contribution in [0.2, 0.25) is 0 Å². The van der Waals surface area contributed by atoms with Gasteiger partial charge in [0.05, 0.1) is 0 Å². The molecule has 0 bridgehead atoms. The van der Waals surface area contributed by atoms with Crippen LogP contribution in [0.3, 0.4) is 0 Å². The van der Waals surface area contributed by atoms with Gasteiger partial charge in [-0.25, -0.2) is 4.79 Å². The number of amides is 2. The van der Waals surface area contributed by atoms with E-state index in [1.165, 1.54) is 38.8 Å². The molecule has 0 aromatic heterocycles. The summed E-state index contributed by atoms with van der Waals surface area (Å²) in [5.41, 5.74) is 0. The Morgan fingerprint density at radius 1 is 1.05 bits per heavy atom. The van der Waals surface area contributed by atoms with Gasteiger partial charge in [0, 0.05) is 32.2 Å². The first-order valence-corrected chi connectivity index (χ1v) is 8.88.